The van der Waals surface area contributed by atoms with Gasteiger partial charge in [-0.2, -0.15) is 0 Å². The van der Waals surface area contributed by atoms with Crippen LogP contribution in [0.1, 0.15) is 17.9 Å². The van der Waals surface area contributed by atoms with Gasteiger partial charge in [0.1, 0.15) is 11.5 Å². The standard InChI is InChI=1S/C14H22N2O4S/c1-11-3-4-13(20-11)5-7-15-14(17)9-16(2)12-6-8-21(18,19)10-12/h3-4,12H,5-10H2,1-2H3,(H,15,17)/t12-/m1/s1. The van der Waals surface area contributed by atoms with Crippen molar-refractivity contribution in [3.63, 3.8) is 0 Å². The van der Waals surface area contributed by atoms with Crippen molar-refractivity contribution in [3.8, 4) is 0 Å². The Bertz CT molecular complexity index is 594. The van der Waals surface area contributed by atoms with Crippen LogP contribution in [0.5, 0.6) is 0 Å². The van der Waals surface area contributed by atoms with Gasteiger partial charge in [-0.3, -0.25) is 9.69 Å². The highest BCUT2D eigenvalue weighted by Gasteiger charge is 2.31. The maximum absolute atomic E-state index is 11.8. The molecule has 6 nitrogen and oxygen atoms in total. The fourth-order valence-electron chi connectivity index (χ4n) is 2.48. The Labute approximate surface area is 125 Å². The minimum Gasteiger partial charge on any atom is -0.466 e. The predicted molar refractivity (Wildman–Crippen MR) is 79.8 cm³/mol. The Balaban J connectivity index is 1.69. The first-order valence-electron chi connectivity index (χ1n) is 7.08. The third-order valence-electron chi connectivity index (χ3n) is 3.71. The van der Waals surface area contributed by atoms with Crippen molar-refractivity contribution in [1.29, 1.82) is 0 Å². The lowest BCUT2D eigenvalue weighted by molar-refractivity contribution is -0.122. The van der Waals surface area contributed by atoms with E-state index in [-0.39, 0.29) is 30.0 Å². The van der Waals surface area contributed by atoms with Crippen LogP contribution in [0.25, 0.3) is 0 Å². The molecule has 0 aromatic carbocycles. The van der Waals surface area contributed by atoms with Crippen molar-refractivity contribution >= 4 is 15.7 Å². The van der Waals surface area contributed by atoms with E-state index in [1.807, 2.05) is 24.0 Å². The highest BCUT2D eigenvalue weighted by Crippen LogP contribution is 2.16. The molecule has 0 spiro atoms. The monoisotopic (exact) mass is 314 g/mol. The fourth-order valence-corrected chi connectivity index (χ4v) is 4.28. The second-order valence-electron chi connectivity index (χ2n) is 5.58. The molecule has 1 atom stereocenters. The highest BCUT2D eigenvalue weighted by atomic mass is 32.2. The molecule has 0 saturated carbocycles. The molecule has 1 amide bonds. The molecule has 0 unspecified atom stereocenters. The molecule has 1 aromatic heterocycles. The maximum Gasteiger partial charge on any atom is 0.234 e. The van der Waals surface area contributed by atoms with Crippen LogP contribution in [0.15, 0.2) is 16.5 Å². The Kier molecular flexibility index (Phi) is 5.05. The summed E-state index contributed by atoms with van der Waals surface area (Å²) in [6.45, 7) is 2.62. The number of furan rings is 1. The fraction of sp³-hybridized carbons (Fsp3) is 0.643. The molecule has 2 rings (SSSR count). The minimum absolute atomic E-state index is 0.0477. The predicted octanol–water partition coefficient (Wildman–Crippen LogP) is 0.366. The number of hydrogen-bond acceptors (Lipinski definition) is 5. The van der Waals surface area contributed by atoms with E-state index in [0.717, 1.165) is 11.5 Å². The lowest BCUT2D eigenvalue weighted by Gasteiger charge is -2.22. The average molecular weight is 314 g/mol. The van der Waals surface area contributed by atoms with E-state index in [4.69, 9.17) is 4.42 Å². The first-order chi connectivity index (χ1) is 9.85. The summed E-state index contributed by atoms with van der Waals surface area (Å²) in [4.78, 5) is 13.7. The van der Waals surface area contributed by atoms with Gasteiger partial charge >= 0.3 is 0 Å². The second kappa shape index (κ2) is 6.62. The first-order valence-corrected chi connectivity index (χ1v) is 8.90. The summed E-state index contributed by atoms with van der Waals surface area (Å²) in [7, 11) is -1.12. The Hall–Kier alpha value is -1.34. The zero-order chi connectivity index (χ0) is 15.5. The molecule has 1 aliphatic heterocycles. The lowest BCUT2D eigenvalue weighted by atomic mass is 10.2. The molecule has 1 aromatic rings. The largest absolute Gasteiger partial charge is 0.466 e. The summed E-state index contributed by atoms with van der Waals surface area (Å²) in [5.41, 5.74) is 0. The molecule has 1 aliphatic rings. The quantitative estimate of drug-likeness (QED) is 0.820. The van der Waals surface area contributed by atoms with E-state index in [1.54, 1.807) is 7.05 Å². The number of carbonyl (C=O) groups is 1. The number of likely N-dealkylation sites (N-methyl/N-ethyl adjacent to an activating group) is 1. The summed E-state index contributed by atoms with van der Waals surface area (Å²) in [6, 6.07) is 3.75. The molecule has 0 radical (unpaired) electrons. The summed E-state index contributed by atoms with van der Waals surface area (Å²) in [5.74, 6) is 2.00. The Morgan fingerprint density at radius 1 is 1.48 bits per heavy atom. The van der Waals surface area contributed by atoms with Crippen LogP contribution in [-0.2, 0) is 21.1 Å². The molecule has 1 N–H and O–H groups in total. The average Bonchev–Trinajstić information content (AvgIpc) is 2.95. The summed E-state index contributed by atoms with van der Waals surface area (Å²) < 4.78 is 28.3. The number of aryl methyl sites for hydroxylation is 1. The molecular weight excluding hydrogens is 292 g/mol. The van der Waals surface area contributed by atoms with Crippen LogP contribution in [0.3, 0.4) is 0 Å². The van der Waals surface area contributed by atoms with E-state index in [2.05, 4.69) is 5.32 Å². The number of carbonyl (C=O) groups excluding carboxylic acids is 1. The van der Waals surface area contributed by atoms with E-state index in [1.165, 1.54) is 0 Å². The normalized spacial score (nSPS) is 20.8. The van der Waals surface area contributed by atoms with Gasteiger partial charge in [0.25, 0.3) is 0 Å². The Morgan fingerprint density at radius 2 is 2.24 bits per heavy atom. The molecule has 2 heterocycles. The van der Waals surface area contributed by atoms with Crippen molar-refractivity contribution in [2.75, 3.05) is 31.6 Å². The molecule has 7 heteroatoms. The van der Waals surface area contributed by atoms with Crippen LogP contribution >= 0.6 is 0 Å². The molecule has 1 saturated heterocycles. The molecule has 1 fully saturated rings. The van der Waals surface area contributed by atoms with Gasteiger partial charge in [0.15, 0.2) is 9.84 Å². The number of rotatable bonds is 6. The second-order valence-corrected chi connectivity index (χ2v) is 7.81. The number of nitrogens with one attached hydrogen (secondary N) is 1. The topological polar surface area (TPSA) is 79.6 Å². The van der Waals surface area contributed by atoms with Crippen LogP contribution in [0, 0.1) is 6.92 Å². The third-order valence-corrected chi connectivity index (χ3v) is 5.46. The minimum atomic E-state index is -2.91. The van der Waals surface area contributed by atoms with Gasteiger partial charge in [0, 0.05) is 19.0 Å². The highest BCUT2D eigenvalue weighted by molar-refractivity contribution is 7.91. The first kappa shape index (κ1) is 16.0. The summed E-state index contributed by atoms with van der Waals surface area (Å²) in [6.07, 6.45) is 1.26. The van der Waals surface area contributed by atoms with Gasteiger partial charge in [0.2, 0.25) is 5.91 Å². The van der Waals surface area contributed by atoms with Crippen molar-refractivity contribution in [3.05, 3.63) is 23.7 Å². The van der Waals surface area contributed by atoms with Gasteiger partial charge in [-0.05, 0) is 32.5 Å². The number of amides is 1. The van der Waals surface area contributed by atoms with Crippen molar-refractivity contribution in [2.24, 2.45) is 0 Å². The SMILES string of the molecule is Cc1ccc(CCNC(=O)CN(C)[C@@H]2CCS(=O)(=O)C2)o1. The zero-order valence-electron chi connectivity index (χ0n) is 12.5. The Morgan fingerprint density at radius 3 is 2.81 bits per heavy atom. The molecule has 0 aliphatic carbocycles. The van der Waals surface area contributed by atoms with Gasteiger partial charge in [-0.1, -0.05) is 0 Å². The van der Waals surface area contributed by atoms with Crippen molar-refractivity contribution in [1.82, 2.24) is 10.2 Å². The van der Waals surface area contributed by atoms with Crippen molar-refractivity contribution in [2.45, 2.75) is 25.8 Å². The summed E-state index contributed by atoms with van der Waals surface area (Å²) >= 11 is 0. The van der Waals surface area contributed by atoms with Crippen LogP contribution in [-0.4, -0.2) is 56.9 Å². The van der Waals surface area contributed by atoms with E-state index in [9.17, 15) is 13.2 Å². The molecule has 21 heavy (non-hydrogen) atoms. The molecule has 118 valence electrons. The zero-order valence-corrected chi connectivity index (χ0v) is 13.3. The van der Waals surface area contributed by atoms with Gasteiger partial charge in [-0.15, -0.1) is 0 Å². The van der Waals surface area contributed by atoms with Crippen molar-refractivity contribution < 1.29 is 17.6 Å². The lowest BCUT2D eigenvalue weighted by Crippen LogP contribution is -2.41. The van der Waals surface area contributed by atoms with E-state index < -0.39 is 9.84 Å². The van der Waals surface area contributed by atoms with Crippen LogP contribution in [0.2, 0.25) is 0 Å². The van der Waals surface area contributed by atoms with Gasteiger partial charge in [-0.25, -0.2) is 8.42 Å². The maximum atomic E-state index is 11.8. The summed E-state index contributed by atoms with van der Waals surface area (Å²) in [5, 5.41) is 2.83. The van der Waals surface area contributed by atoms with E-state index in [0.29, 0.717) is 19.4 Å². The smallest absolute Gasteiger partial charge is 0.234 e. The number of hydrogen-bond donors (Lipinski definition) is 1. The van der Waals surface area contributed by atoms with Crippen LogP contribution < -0.4 is 5.32 Å². The van der Waals surface area contributed by atoms with Gasteiger partial charge < -0.3 is 9.73 Å². The molecule has 0 bridgehead atoms. The molecular formula is C14H22N2O4S. The van der Waals surface area contributed by atoms with Crippen LogP contribution in [0.4, 0.5) is 0 Å². The van der Waals surface area contributed by atoms with Gasteiger partial charge in [0.05, 0.1) is 18.1 Å². The third kappa shape index (κ3) is 4.86. The number of nitrogens with zero attached hydrogens (tertiary/aromatic N) is 1. The van der Waals surface area contributed by atoms with E-state index >= 15 is 0 Å². The number of sulfone groups is 1.